The predicted molar refractivity (Wildman–Crippen MR) is 76.0 cm³/mol. The van der Waals surface area contributed by atoms with Crippen molar-refractivity contribution in [1.29, 1.82) is 0 Å². The first-order valence-corrected chi connectivity index (χ1v) is 6.11. The van der Waals surface area contributed by atoms with Crippen LogP contribution in [0.4, 0.5) is 11.6 Å². The van der Waals surface area contributed by atoms with E-state index in [1.54, 1.807) is 7.05 Å². The van der Waals surface area contributed by atoms with Crippen LogP contribution in [0.3, 0.4) is 0 Å². The van der Waals surface area contributed by atoms with Crippen LogP contribution in [0.1, 0.15) is 5.56 Å². The molecule has 0 unspecified atom stereocenters. The highest BCUT2D eigenvalue weighted by atomic mass is 16.5. The van der Waals surface area contributed by atoms with Gasteiger partial charge in [0.2, 0.25) is 5.82 Å². The van der Waals surface area contributed by atoms with Crippen molar-refractivity contribution in [1.82, 2.24) is 20.3 Å². The molecule has 0 aliphatic rings. The van der Waals surface area contributed by atoms with Crippen LogP contribution in [0.25, 0.3) is 22.8 Å². The summed E-state index contributed by atoms with van der Waals surface area (Å²) in [4.78, 5) is 4.36. The lowest BCUT2D eigenvalue weighted by Gasteiger charge is -1.96. The van der Waals surface area contributed by atoms with Gasteiger partial charge in [0.1, 0.15) is 11.4 Å². The number of aromatic amines is 1. The van der Waals surface area contributed by atoms with E-state index in [2.05, 4.69) is 25.7 Å². The van der Waals surface area contributed by atoms with Crippen molar-refractivity contribution in [3.8, 4) is 22.8 Å². The quantitative estimate of drug-likeness (QED) is 0.672. The van der Waals surface area contributed by atoms with Crippen LogP contribution in [-0.2, 0) is 0 Å². The highest BCUT2D eigenvalue weighted by molar-refractivity contribution is 5.79. The normalized spacial score (nSPS) is 10.7. The summed E-state index contributed by atoms with van der Waals surface area (Å²) >= 11 is 0. The van der Waals surface area contributed by atoms with E-state index in [0.29, 0.717) is 28.9 Å². The zero-order chi connectivity index (χ0) is 14.1. The summed E-state index contributed by atoms with van der Waals surface area (Å²) in [5.41, 5.74) is 8.48. The van der Waals surface area contributed by atoms with Crippen molar-refractivity contribution in [2.75, 3.05) is 18.1 Å². The Hall–Kier alpha value is -2.83. The van der Waals surface area contributed by atoms with E-state index in [9.17, 15) is 0 Å². The SMILES string of the molecule is CNc1n[nH]c(N)c1-c1nc(-c2ccc(C)cc2)no1. The van der Waals surface area contributed by atoms with Crippen LogP contribution in [0.5, 0.6) is 0 Å². The molecule has 0 aliphatic carbocycles. The number of nitrogens with two attached hydrogens (primary N) is 1. The summed E-state index contributed by atoms with van der Waals surface area (Å²) < 4.78 is 5.28. The Labute approximate surface area is 115 Å². The molecule has 4 N–H and O–H groups in total. The van der Waals surface area contributed by atoms with E-state index < -0.39 is 0 Å². The summed E-state index contributed by atoms with van der Waals surface area (Å²) in [5, 5.41) is 13.6. The molecule has 2 aromatic heterocycles. The van der Waals surface area contributed by atoms with Crippen LogP contribution in [0.15, 0.2) is 28.8 Å². The number of aromatic nitrogens is 4. The molecule has 0 aliphatic heterocycles. The summed E-state index contributed by atoms with van der Waals surface area (Å²) in [6.45, 7) is 2.02. The van der Waals surface area contributed by atoms with Gasteiger partial charge in [0.05, 0.1) is 0 Å². The molecule has 0 spiro atoms. The number of nitrogen functional groups attached to an aromatic ring is 1. The Balaban J connectivity index is 2.02. The molecule has 3 rings (SSSR count). The zero-order valence-electron chi connectivity index (χ0n) is 11.1. The minimum absolute atomic E-state index is 0.330. The first kappa shape index (κ1) is 12.2. The molecule has 1 aromatic carbocycles. The molecule has 0 saturated heterocycles. The maximum absolute atomic E-state index is 5.83. The number of rotatable bonds is 3. The molecular weight excluding hydrogens is 256 g/mol. The number of H-pyrrole nitrogens is 1. The van der Waals surface area contributed by atoms with Crippen LogP contribution >= 0.6 is 0 Å². The molecule has 3 aromatic rings. The number of nitrogens with zero attached hydrogens (tertiary/aromatic N) is 3. The summed E-state index contributed by atoms with van der Waals surface area (Å²) in [5.74, 6) is 1.80. The third-order valence-corrected chi connectivity index (χ3v) is 2.98. The monoisotopic (exact) mass is 270 g/mol. The van der Waals surface area contributed by atoms with Gasteiger partial charge in [0.15, 0.2) is 5.82 Å². The summed E-state index contributed by atoms with van der Waals surface area (Å²) in [6.07, 6.45) is 0. The van der Waals surface area contributed by atoms with Crippen LogP contribution in [0.2, 0.25) is 0 Å². The maximum atomic E-state index is 5.83. The molecule has 2 heterocycles. The second-order valence-electron chi connectivity index (χ2n) is 4.40. The fourth-order valence-corrected chi connectivity index (χ4v) is 1.90. The average molecular weight is 270 g/mol. The number of hydrogen-bond acceptors (Lipinski definition) is 6. The van der Waals surface area contributed by atoms with Gasteiger partial charge in [-0.25, -0.2) is 0 Å². The number of benzene rings is 1. The molecule has 0 atom stereocenters. The lowest BCUT2D eigenvalue weighted by molar-refractivity contribution is 0.432. The summed E-state index contributed by atoms with van der Waals surface area (Å²) in [6, 6.07) is 7.89. The molecule has 0 fully saturated rings. The van der Waals surface area contributed by atoms with Gasteiger partial charge in [-0.3, -0.25) is 5.10 Å². The molecule has 0 radical (unpaired) electrons. The van der Waals surface area contributed by atoms with Crippen molar-refractivity contribution < 1.29 is 4.52 Å². The molecule has 0 saturated carbocycles. The second kappa shape index (κ2) is 4.69. The first-order chi connectivity index (χ1) is 9.69. The number of aryl methyl sites for hydroxylation is 1. The van der Waals surface area contributed by atoms with Crippen molar-refractivity contribution >= 4 is 11.6 Å². The van der Waals surface area contributed by atoms with Gasteiger partial charge >= 0.3 is 0 Å². The van der Waals surface area contributed by atoms with Gasteiger partial charge in [0, 0.05) is 12.6 Å². The standard InChI is InChI=1S/C13H14N6O/c1-7-3-5-8(6-4-7)11-16-13(20-19-11)9-10(14)17-18-12(9)15-2/h3-6H,1-2H3,(H4,14,15,17,18). The van der Waals surface area contributed by atoms with E-state index in [1.165, 1.54) is 5.56 Å². The zero-order valence-corrected chi connectivity index (χ0v) is 11.1. The highest BCUT2D eigenvalue weighted by Gasteiger charge is 2.19. The van der Waals surface area contributed by atoms with Gasteiger partial charge in [-0.1, -0.05) is 35.0 Å². The fourth-order valence-electron chi connectivity index (χ4n) is 1.90. The second-order valence-corrected chi connectivity index (χ2v) is 4.40. The van der Waals surface area contributed by atoms with E-state index in [-0.39, 0.29) is 0 Å². The highest BCUT2D eigenvalue weighted by Crippen LogP contribution is 2.31. The minimum atomic E-state index is 0.330. The lowest BCUT2D eigenvalue weighted by Crippen LogP contribution is -1.92. The Morgan fingerprint density at radius 2 is 2.00 bits per heavy atom. The van der Waals surface area contributed by atoms with Gasteiger partial charge in [-0.15, -0.1) is 0 Å². The van der Waals surface area contributed by atoms with Crippen molar-refractivity contribution in [2.24, 2.45) is 0 Å². The number of hydrogen-bond donors (Lipinski definition) is 3. The van der Waals surface area contributed by atoms with E-state index in [4.69, 9.17) is 10.3 Å². The fraction of sp³-hybridized carbons (Fsp3) is 0.154. The van der Waals surface area contributed by atoms with Gasteiger partial charge in [-0.2, -0.15) is 10.1 Å². The van der Waals surface area contributed by atoms with Gasteiger partial charge < -0.3 is 15.6 Å². The lowest BCUT2D eigenvalue weighted by atomic mass is 10.1. The van der Waals surface area contributed by atoms with E-state index in [1.807, 2.05) is 31.2 Å². The predicted octanol–water partition coefficient (Wildman–Crippen LogP) is 2.06. The first-order valence-electron chi connectivity index (χ1n) is 6.11. The Morgan fingerprint density at radius 1 is 1.25 bits per heavy atom. The maximum Gasteiger partial charge on any atom is 0.265 e. The molecule has 7 heteroatoms. The van der Waals surface area contributed by atoms with Crippen LogP contribution < -0.4 is 11.1 Å². The van der Waals surface area contributed by atoms with Gasteiger partial charge in [-0.05, 0) is 6.92 Å². The average Bonchev–Trinajstić information content (AvgIpc) is 3.05. The number of anilines is 2. The Kier molecular flexibility index (Phi) is 2.86. The van der Waals surface area contributed by atoms with Crippen molar-refractivity contribution in [3.05, 3.63) is 29.8 Å². The Bertz CT molecular complexity index is 728. The van der Waals surface area contributed by atoms with Crippen LogP contribution in [-0.4, -0.2) is 27.4 Å². The van der Waals surface area contributed by atoms with Crippen molar-refractivity contribution in [2.45, 2.75) is 6.92 Å². The molecule has 20 heavy (non-hydrogen) atoms. The minimum Gasteiger partial charge on any atom is -0.383 e. The third kappa shape index (κ3) is 1.99. The largest absolute Gasteiger partial charge is 0.383 e. The topological polar surface area (TPSA) is 106 Å². The molecule has 0 bridgehead atoms. The summed E-state index contributed by atoms with van der Waals surface area (Å²) in [7, 11) is 1.75. The van der Waals surface area contributed by atoms with Crippen LogP contribution in [0, 0.1) is 6.92 Å². The number of nitrogens with one attached hydrogen (secondary N) is 2. The molecule has 0 amide bonds. The van der Waals surface area contributed by atoms with E-state index >= 15 is 0 Å². The third-order valence-electron chi connectivity index (χ3n) is 2.98. The molecule has 7 nitrogen and oxygen atoms in total. The smallest absolute Gasteiger partial charge is 0.265 e. The van der Waals surface area contributed by atoms with Gasteiger partial charge in [0.25, 0.3) is 5.89 Å². The molecule has 102 valence electrons. The van der Waals surface area contributed by atoms with E-state index in [0.717, 1.165) is 5.56 Å². The molecular formula is C13H14N6O. The Morgan fingerprint density at radius 3 is 2.70 bits per heavy atom. The van der Waals surface area contributed by atoms with Crippen molar-refractivity contribution in [3.63, 3.8) is 0 Å².